The van der Waals surface area contributed by atoms with Gasteiger partial charge in [-0.05, 0) is 112 Å². The summed E-state index contributed by atoms with van der Waals surface area (Å²) in [5.74, 6) is -3.92. The number of imide groups is 1. The van der Waals surface area contributed by atoms with Gasteiger partial charge in [-0.25, -0.2) is 27.5 Å². The van der Waals surface area contributed by atoms with E-state index >= 15 is 8.78 Å². The molecule has 0 spiro atoms. The lowest BCUT2D eigenvalue weighted by Crippen LogP contribution is -2.52. The second-order valence-electron chi connectivity index (χ2n) is 16.9. The predicted molar refractivity (Wildman–Crippen MR) is 228 cm³/mol. The molecule has 4 amide bonds. The van der Waals surface area contributed by atoms with Crippen LogP contribution in [-0.2, 0) is 20.9 Å². The normalized spacial score (nSPS) is 18.6. The smallest absolute Gasteiger partial charge is 0.282 e. The molecule has 0 radical (unpaired) electrons. The van der Waals surface area contributed by atoms with Crippen molar-refractivity contribution in [3.63, 3.8) is 0 Å². The molecule has 1 aromatic heterocycles. The highest BCUT2D eigenvalue weighted by molar-refractivity contribution is 6.05. The average Bonchev–Trinajstić information content (AvgIpc) is 3.59. The fourth-order valence-electron chi connectivity index (χ4n) is 9.63. The minimum absolute atomic E-state index is 0.0291. The van der Waals surface area contributed by atoms with Gasteiger partial charge in [0.2, 0.25) is 11.8 Å². The molecular formula is C47H51F4N7O5. The molecular weight excluding hydrogens is 819 g/mol. The molecule has 4 aliphatic rings. The van der Waals surface area contributed by atoms with E-state index in [1.807, 2.05) is 4.90 Å². The Hall–Kier alpha value is -5.90. The minimum atomic E-state index is -1.02. The quantitative estimate of drug-likeness (QED) is 0.0610. The van der Waals surface area contributed by atoms with Crippen molar-refractivity contribution in [1.29, 1.82) is 0 Å². The fourth-order valence-corrected chi connectivity index (χ4v) is 9.63. The van der Waals surface area contributed by atoms with Crippen molar-refractivity contribution >= 4 is 40.3 Å². The number of benzene rings is 3. The Morgan fingerprint density at radius 3 is 2.40 bits per heavy atom. The van der Waals surface area contributed by atoms with Crippen molar-refractivity contribution in [1.82, 2.24) is 30.0 Å². The number of aromatic nitrogens is 2. The van der Waals surface area contributed by atoms with E-state index in [1.54, 1.807) is 25.1 Å². The van der Waals surface area contributed by atoms with Crippen molar-refractivity contribution in [2.45, 2.75) is 83.2 Å². The summed E-state index contributed by atoms with van der Waals surface area (Å²) in [5.41, 5.74) is 2.54. The molecule has 16 heteroatoms. The molecule has 332 valence electrons. The molecule has 3 saturated heterocycles. The molecule has 63 heavy (non-hydrogen) atoms. The Bertz CT molecular complexity index is 2450. The summed E-state index contributed by atoms with van der Waals surface area (Å²) in [6, 6.07) is 8.26. The van der Waals surface area contributed by atoms with Crippen LogP contribution < -0.4 is 15.0 Å². The molecule has 4 aromatic rings. The summed E-state index contributed by atoms with van der Waals surface area (Å²) in [5, 5.41) is 2.77. The number of unbranched alkanes of at least 4 members (excludes halogenated alkanes) is 4. The standard InChI is InChI=1S/C47H51F4N7O5/c1-28-23-34-43(52-27-53-44(34)56-18-20-57(21-19-56)46(61)29(2)48)42(51)40(28)41-36(50)9-8-10-38(41)63-22-7-5-3-4-6-15-55-16-13-30(14-17-55)32-24-31(49)25-33-35(32)26-58(47(33)62)37-11-12-39(59)54-45(37)60/h8-10,23-25,27,30,37H,2-7,11-22,26H2,1H3,(H,54,59,60). The topological polar surface area (TPSA) is 128 Å². The first-order valence-corrected chi connectivity index (χ1v) is 21.8. The molecule has 1 unspecified atom stereocenters. The predicted octanol–water partition coefficient (Wildman–Crippen LogP) is 7.12. The number of likely N-dealkylation sites (tertiary alicyclic amines) is 1. The second-order valence-corrected chi connectivity index (χ2v) is 16.9. The van der Waals surface area contributed by atoms with Crippen LogP contribution in [0.15, 0.2) is 55.1 Å². The number of carbonyl (C=O) groups excluding carboxylic acids is 4. The third-order valence-electron chi connectivity index (χ3n) is 12.9. The molecule has 0 saturated carbocycles. The van der Waals surface area contributed by atoms with Crippen molar-refractivity contribution in [3.8, 4) is 16.9 Å². The van der Waals surface area contributed by atoms with Gasteiger partial charge in [0.15, 0.2) is 11.6 Å². The summed E-state index contributed by atoms with van der Waals surface area (Å²) in [6.07, 6.45) is 8.01. The van der Waals surface area contributed by atoms with E-state index in [0.717, 1.165) is 75.7 Å². The van der Waals surface area contributed by atoms with E-state index in [-0.39, 0.29) is 72.6 Å². The van der Waals surface area contributed by atoms with Gasteiger partial charge in [0.05, 0.1) is 12.2 Å². The number of hydrogen-bond acceptors (Lipinski definition) is 9. The van der Waals surface area contributed by atoms with Crippen molar-refractivity contribution in [2.24, 2.45) is 0 Å². The van der Waals surface area contributed by atoms with Crippen LogP contribution in [0.4, 0.5) is 23.4 Å². The zero-order chi connectivity index (χ0) is 44.4. The number of anilines is 1. The number of amides is 4. The van der Waals surface area contributed by atoms with Crippen LogP contribution in [0.3, 0.4) is 0 Å². The van der Waals surface area contributed by atoms with Crippen LogP contribution in [0.2, 0.25) is 0 Å². The van der Waals surface area contributed by atoms with E-state index in [4.69, 9.17) is 4.74 Å². The number of piperazine rings is 1. The number of ether oxygens (including phenoxy) is 1. The first-order chi connectivity index (χ1) is 30.4. The Balaban J connectivity index is 0.802. The molecule has 3 fully saturated rings. The summed E-state index contributed by atoms with van der Waals surface area (Å²) < 4.78 is 66.4. The average molecular weight is 870 g/mol. The Kier molecular flexibility index (Phi) is 13.1. The first kappa shape index (κ1) is 43.7. The minimum Gasteiger partial charge on any atom is -0.493 e. The van der Waals surface area contributed by atoms with E-state index in [1.165, 1.54) is 34.3 Å². The van der Waals surface area contributed by atoms with Crippen LogP contribution >= 0.6 is 0 Å². The number of hydrogen-bond donors (Lipinski definition) is 1. The summed E-state index contributed by atoms with van der Waals surface area (Å²) in [7, 11) is 0. The molecule has 1 N–H and O–H groups in total. The van der Waals surface area contributed by atoms with E-state index in [0.29, 0.717) is 42.0 Å². The van der Waals surface area contributed by atoms with E-state index < -0.39 is 41.1 Å². The van der Waals surface area contributed by atoms with Crippen molar-refractivity contribution in [3.05, 3.63) is 94.8 Å². The maximum Gasteiger partial charge on any atom is 0.282 e. The van der Waals surface area contributed by atoms with Crippen LogP contribution in [0.25, 0.3) is 22.0 Å². The number of fused-ring (bicyclic) bond motifs is 2. The van der Waals surface area contributed by atoms with Gasteiger partial charge < -0.3 is 24.3 Å². The van der Waals surface area contributed by atoms with Crippen LogP contribution in [-0.4, -0.2) is 107 Å². The zero-order valence-corrected chi connectivity index (χ0v) is 35.4. The molecule has 0 aliphatic carbocycles. The number of rotatable bonds is 14. The largest absolute Gasteiger partial charge is 0.493 e. The van der Waals surface area contributed by atoms with Gasteiger partial charge in [-0.15, -0.1) is 0 Å². The van der Waals surface area contributed by atoms with Gasteiger partial charge in [0.25, 0.3) is 11.8 Å². The first-order valence-electron chi connectivity index (χ1n) is 21.8. The van der Waals surface area contributed by atoms with Crippen LogP contribution in [0.1, 0.15) is 90.8 Å². The third kappa shape index (κ3) is 9.13. The SMILES string of the molecule is C=C(F)C(=O)N1CCN(c2ncnc3c(F)c(-c4c(F)cccc4OCCCCCCCN4CCC(c5cc(F)cc6c5CN(C5CCC(=O)NC5=O)C6=O)CC4)c(C)cc23)CC1. The second kappa shape index (κ2) is 18.8. The zero-order valence-electron chi connectivity index (χ0n) is 35.4. The molecule has 0 bridgehead atoms. The van der Waals surface area contributed by atoms with Crippen molar-refractivity contribution < 1.29 is 41.5 Å². The monoisotopic (exact) mass is 869 g/mol. The molecule has 3 aromatic carbocycles. The lowest BCUT2D eigenvalue weighted by Gasteiger charge is -2.35. The Labute approximate surface area is 363 Å². The van der Waals surface area contributed by atoms with Gasteiger partial charge >= 0.3 is 0 Å². The highest BCUT2D eigenvalue weighted by Gasteiger charge is 2.41. The highest BCUT2D eigenvalue weighted by Crippen LogP contribution is 2.41. The maximum absolute atomic E-state index is 16.5. The van der Waals surface area contributed by atoms with E-state index in [9.17, 15) is 28.0 Å². The van der Waals surface area contributed by atoms with Gasteiger partial charge in [0.1, 0.15) is 41.1 Å². The summed E-state index contributed by atoms with van der Waals surface area (Å²) in [6.45, 7) is 9.21. The molecule has 8 rings (SSSR count). The number of nitrogens with one attached hydrogen (secondary N) is 1. The molecule has 12 nitrogen and oxygen atoms in total. The Morgan fingerprint density at radius 1 is 0.905 bits per heavy atom. The number of carbonyl (C=O) groups is 4. The van der Waals surface area contributed by atoms with Gasteiger partial charge in [-0.1, -0.05) is 31.9 Å². The summed E-state index contributed by atoms with van der Waals surface area (Å²) >= 11 is 0. The third-order valence-corrected chi connectivity index (χ3v) is 12.9. The lowest BCUT2D eigenvalue weighted by atomic mass is 9.85. The number of nitrogens with zero attached hydrogens (tertiary/aromatic N) is 6. The van der Waals surface area contributed by atoms with Gasteiger partial charge in [0, 0.05) is 55.7 Å². The number of piperidine rings is 2. The highest BCUT2D eigenvalue weighted by atomic mass is 19.1. The maximum atomic E-state index is 16.5. The fraction of sp³-hybridized carbons (Fsp3) is 0.447. The van der Waals surface area contributed by atoms with Crippen LogP contribution in [0, 0.1) is 24.4 Å². The van der Waals surface area contributed by atoms with Crippen molar-refractivity contribution in [2.75, 3.05) is 57.3 Å². The number of halogens is 4. The number of aryl methyl sites for hydroxylation is 1. The summed E-state index contributed by atoms with van der Waals surface area (Å²) in [4.78, 5) is 65.4. The molecule has 4 aliphatic heterocycles. The van der Waals surface area contributed by atoms with Crippen LogP contribution in [0.5, 0.6) is 5.75 Å². The molecule has 5 heterocycles. The Morgan fingerprint density at radius 2 is 1.65 bits per heavy atom. The van der Waals surface area contributed by atoms with E-state index in [2.05, 4.69) is 26.8 Å². The van der Waals surface area contributed by atoms with Gasteiger partial charge in [-0.2, -0.15) is 0 Å². The molecule has 1 atom stereocenters. The van der Waals surface area contributed by atoms with Gasteiger partial charge in [-0.3, -0.25) is 24.5 Å². The lowest BCUT2D eigenvalue weighted by molar-refractivity contribution is -0.137.